The van der Waals surface area contributed by atoms with E-state index in [0.29, 0.717) is 11.6 Å². The third-order valence-corrected chi connectivity index (χ3v) is 22.0. The molecule has 0 aliphatic carbocycles. The summed E-state index contributed by atoms with van der Waals surface area (Å²) in [5.41, 5.74) is 27.3. The zero-order valence-corrected chi connectivity index (χ0v) is 64.3. The highest BCUT2D eigenvalue weighted by Crippen LogP contribution is 2.41. The van der Waals surface area contributed by atoms with Gasteiger partial charge < -0.3 is 0 Å². The molecule has 0 aliphatic rings. The molecule has 4 heterocycles. The van der Waals surface area contributed by atoms with Crippen molar-refractivity contribution >= 4 is 53.9 Å². The van der Waals surface area contributed by atoms with Gasteiger partial charge in [-0.3, -0.25) is 9.97 Å². The molecule has 0 N–H and O–H groups in total. The van der Waals surface area contributed by atoms with E-state index in [9.17, 15) is 0 Å². The van der Waals surface area contributed by atoms with Crippen molar-refractivity contribution in [3.8, 4) is 146 Å². The topological polar surface area (TPSA) is 77.3 Å². The average molecular weight is 1490 g/mol. The first-order valence-corrected chi connectivity index (χ1v) is 39.6. The highest BCUT2D eigenvalue weighted by Gasteiger charge is 2.19. The summed E-state index contributed by atoms with van der Waals surface area (Å²) in [7, 11) is 0. The van der Waals surface area contributed by atoms with E-state index in [1.54, 1.807) is 12.4 Å². The summed E-state index contributed by atoms with van der Waals surface area (Å²) in [6.45, 7) is 2.11. The van der Waals surface area contributed by atoms with Crippen molar-refractivity contribution in [2.24, 2.45) is 0 Å². The maximum atomic E-state index is 5.29. The maximum Gasteiger partial charge on any atom is 0.160 e. The maximum absolute atomic E-state index is 5.29. The lowest BCUT2D eigenvalue weighted by atomic mass is 9.92. The summed E-state index contributed by atoms with van der Waals surface area (Å²) >= 11 is 0. The van der Waals surface area contributed by atoms with Crippen LogP contribution >= 0.6 is 0 Å². The minimum atomic E-state index is 0.680. The normalized spacial score (nSPS) is 11.1. The van der Waals surface area contributed by atoms with Crippen LogP contribution in [0.4, 0.5) is 0 Å². The second-order valence-electron chi connectivity index (χ2n) is 29.4. The van der Waals surface area contributed by atoms with Crippen LogP contribution in [-0.2, 0) is 0 Å². The Kier molecular flexibility index (Phi) is 20.0. The summed E-state index contributed by atoms with van der Waals surface area (Å²) in [5.74, 6) is 1.37. The standard InChI is InChI=1S/C55H35N3.C43H29N3.C13H12/c1-2-11-39-30-42(26-23-36(39)10-1)40-12-7-14-44(31-40)54-34-53(38-24-21-37(22-25-38)46-16-9-29-56-35-46)57-55(58-54)45-15-8-13-41(32-45)43-27-28-51-49-19-4-3-17-47(49)48-18-5-6-20-50(48)52(51)33-43;1-2-8-30(9-3-1)31-15-19-35(20-16-31)41-29-45-43(46-42(41)36-23-17-32(18-24-36)38-12-7-27-44-28-38)37-25-21-34(22-26-37)40-14-6-11-33-10-4-5-13-39(33)40;1-11-7-9-13(10-8-11)12-5-3-2-4-6-12/h1-35H;1-29H;2-10H,1H3. The van der Waals surface area contributed by atoms with Gasteiger partial charge in [-0.25, -0.2) is 19.9 Å². The van der Waals surface area contributed by atoms with Crippen LogP contribution in [0.15, 0.2) is 443 Å². The first kappa shape index (κ1) is 71.8. The monoisotopic (exact) mass is 1490 g/mol. The lowest BCUT2D eigenvalue weighted by Gasteiger charge is -2.13. The Morgan fingerprint density at radius 1 is 0.179 bits per heavy atom. The first-order valence-electron chi connectivity index (χ1n) is 39.6. The van der Waals surface area contributed by atoms with Gasteiger partial charge in [0.25, 0.3) is 0 Å². The summed E-state index contributed by atoms with van der Waals surface area (Å²) in [4.78, 5) is 29.2. The van der Waals surface area contributed by atoms with Gasteiger partial charge in [0.1, 0.15) is 0 Å². The van der Waals surface area contributed by atoms with Crippen LogP contribution in [0.2, 0.25) is 0 Å². The third-order valence-electron chi connectivity index (χ3n) is 22.0. The van der Waals surface area contributed by atoms with E-state index in [1.165, 1.54) is 98.4 Å². The van der Waals surface area contributed by atoms with Crippen molar-refractivity contribution in [3.63, 3.8) is 0 Å². The van der Waals surface area contributed by atoms with Crippen molar-refractivity contribution < 1.29 is 0 Å². The van der Waals surface area contributed by atoms with Crippen LogP contribution in [0.5, 0.6) is 0 Å². The Labute approximate surface area is 680 Å². The lowest BCUT2D eigenvalue weighted by Crippen LogP contribution is -1.96. The lowest BCUT2D eigenvalue weighted by molar-refractivity contribution is 1.18. The molecule has 0 spiro atoms. The van der Waals surface area contributed by atoms with Gasteiger partial charge in [0, 0.05) is 64.4 Å². The fourth-order valence-corrected chi connectivity index (χ4v) is 15.8. The van der Waals surface area contributed by atoms with E-state index < -0.39 is 0 Å². The Balaban J connectivity index is 0.000000137. The van der Waals surface area contributed by atoms with Crippen LogP contribution in [-0.4, -0.2) is 29.9 Å². The molecule has 21 aromatic rings. The summed E-state index contributed by atoms with van der Waals surface area (Å²) in [6, 6.07) is 146. The molecule has 0 aliphatic heterocycles. The average Bonchev–Trinajstić information content (AvgIpc) is 0.739. The summed E-state index contributed by atoms with van der Waals surface area (Å²) in [6.07, 6.45) is 9.34. The van der Waals surface area contributed by atoms with E-state index in [0.717, 1.165) is 95.0 Å². The smallest absolute Gasteiger partial charge is 0.160 e. The number of nitrogens with zero attached hydrogens (tertiary/aromatic N) is 6. The van der Waals surface area contributed by atoms with Crippen molar-refractivity contribution in [2.75, 3.05) is 0 Å². The molecule has 0 saturated carbocycles. The molecule has 0 radical (unpaired) electrons. The van der Waals surface area contributed by atoms with Gasteiger partial charge in [-0.15, -0.1) is 0 Å². The second-order valence-corrected chi connectivity index (χ2v) is 29.4. The number of aromatic nitrogens is 6. The van der Waals surface area contributed by atoms with E-state index in [1.807, 2.05) is 42.9 Å². The predicted octanol–water partition coefficient (Wildman–Crippen LogP) is 29.2. The Morgan fingerprint density at radius 3 is 1.16 bits per heavy atom. The molecule has 0 amide bonds. The van der Waals surface area contributed by atoms with Gasteiger partial charge in [-0.2, -0.15) is 0 Å². The molecule has 0 fully saturated rings. The van der Waals surface area contributed by atoms with Gasteiger partial charge in [0.15, 0.2) is 11.6 Å². The van der Waals surface area contributed by atoms with Gasteiger partial charge in [0.2, 0.25) is 0 Å². The molecule has 550 valence electrons. The zero-order chi connectivity index (χ0) is 78.2. The van der Waals surface area contributed by atoms with Crippen molar-refractivity contribution in [3.05, 3.63) is 449 Å². The molecular weight excluding hydrogens is 1420 g/mol. The zero-order valence-electron chi connectivity index (χ0n) is 64.3. The number of aryl methyl sites for hydroxylation is 1. The molecule has 6 heteroatoms. The molecule has 0 saturated heterocycles. The SMILES string of the molecule is Cc1ccc(-c2ccccc2)cc1.c1ccc(-c2ccc(-c3cnc(-c4ccc(-c5cccc6ccccc56)cc4)nc3-c3ccc(-c4cccnc4)cc3)cc2)cc1.c1cncc(-c2ccc(-c3cc(-c4cccc(-c5ccc6ccccc6c5)c4)nc(-c4cccc(-c5ccc6c7ccccc7c7ccccc7c6c5)c4)n3)cc2)c1. The number of hydrogen-bond acceptors (Lipinski definition) is 6. The highest BCUT2D eigenvalue weighted by molar-refractivity contribution is 6.26. The van der Waals surface area contributed by atoms with Gasteiger partial charge in [0.05, 0.1) is 17.1 Å². The molecule has 21 rings (SSSR count). The number of rotatable bonds is 13. The molecule has 0 bridgehead atoms. The van der Waals surface area contributed by atoms with Gasteiger partial charge in [-0.05, 0) is 187 Å². The molecule has 17 aromatic carbocycles. The number of benzene rings is 17. The summed E-state index contributed by atoms with van der Waals surface area (Å²) < 4.78 is 0. The van der Waals surface area contributed by atoms with Crippen molar-refractivity contribution in [1.29, 1.82) is 0 Å². The molecule has 0 atom stereocenters. The number of pyridine rings is 2. The van der Waals surface area contributed by atoms with Crippen LogP contribution in [0.3, 0.4) is 0 Å². The molecule has 117 heavy (non-hydrogen) atoms. The fourth-order valence-electron chi connectivity index (χ4n) is 15.8. The van der Waals surface area contributed by atoms with Crippen molar-refractivity contribution in [1.82, 2.24) is 29.9 Å². The van der Waals surface area contributed by atoms with Gasteiger partial charge in [-0.1, -0.05) is 376 Å². The molecule has 6 nitrogen and oxygen atoms in total. The highest BCUT2D eigenvalue weighted by atomic mass is 14.9. The fraction of sp³-hybridized carbons (Fsp3) is 0.00901. The van der Waals surface area contributed by atoms with Crippen LogP contribution in [0.25, 0.3) is 199 Å². The van der Waals surface area contributed by atoms with E-state index in [4.69, 9.17) is 19.9 Å². The Hall–Kier alpha value is -15.5. The minimum absolute atomic E-state index is 0.680. The molecular formula is C111H76N6. The summed E-state index contributed by atoms with van der Waals surface area (Å²) in [5, 5.41) is 12.5. The quantitative estimate of drug-likeness (QED) is 0.107. The first-order chi connectivity index (χ1) is 57.9. The molecule has 4 aromatic heterocycles. The molecule has 0 unspecified atom stereocenters. The van der Waals surface area contributed by atoms with Crippen LogP contribution < -0.4 is 0 Å². The van der Waals surface area contributed by atoms with Crippen molar-refractivity contribution in [2.45, 2.75) is 6.92 Å². The van der Waals surface area contributed by atoms with E-state index in [-0.39, 0.29) is 0 Å². The van der Waals surface area contributed by atoms with Crippen LogP contribution in [0, 0.1) is 6.92 Å². The number of hydrogen-bond donors (Lipinski definition) is 0. The predicted molar refractivity (Wildman–Crippen MR) is 489 cm³/mol. The Bertz CT molecular complexity index is 7080. The van der Waals surface area contributed by atoms with Gasteiger partial charge >= 0.3 is 0 Å². The minimum Gasteiger partial charge on any atom is -0.264 e. The van der Waals surface area contributed by atoms with E-state index >= 15 is 0 Å². The second kappa shape index (κ2) is 32.7. The Morgan fingerprint density at radius 2 is 0.564 bits per heavy atom. The largest absolute Gasteiger partial charge is 0.264 e. The number of fused-ring (bicyclic) bond motifs is 8. The van der Waals surface area contributed by atoms with Crippen LogP contribution in [0.1, 0.15) is 5.56 Å². The third kappa shape index (κ3) is 15.4. The van der Waals surface area contributed by atoms with E-state index in [2.05, 4.69) is 405 Å².